The van der Waals surface area contributed by atoms with Crippen molar-refractivity contribution in [3.63, 3.8) is 0 Å². The van der Waals surface area contributed by atoms with Crippen LogP contribution in [0.15, 0.2) is 6.20 Å². The molecule has 0 saturated heterocycles. The number of nitro groups is 1. The molecule has 5 nitrogen and oxygen atoms in total. The molecule has 0 radical (unpaired) electrons. The third-order valence-electron chi connectivity index (χ3n) is 1.40. The number of nitrogens with zero attached hydrogens (tertiary/aromatic N) is 2. The Hall–Kier alpha value is -1.72. The molecule has 0 aliphatic rings. The highest BCUT2D eigenvalue weighted by Crippen LogP contribution is 2.27. The highest BCUT2D eigenvalue weighted by Gasteiger charge is 2.19. The molecule has 1 aromatic rings. The van der Waals surface area contributed by atoms with Crippen LogP contribution >= 0.6 is 0 Å². The summed E-state index contributed by atoms with van der Waals surface area (Å²) < 4.78 is 12.6. The molecule has 0 bridgehead atoms. The summed E-state index contributed by atoms with van der Waals surface area (Å²) >= 11 is 0. The van der Waals surface area contributed by atoms with Gasteiger partial charge in [-0.3, -0.25) is 0 Å². The van der Waals surface area contributed by atoms with Crippen LogP contribution < -0.4 is 0 Å². The van der Waals surface area contributed by atoms with Crippen molar-refractivity contribution in [2.45, 2.75) is 6.92 Å². The van der Waals surface area contributed by atoms with Gasteiger partial charge in [0.05, 0.1) is 0 Å². The smallest absolute Gasteiger partial charge is 0.406 e. The van der Waals surface area contributed by atoms with E-state index in [-0.39, 0.29) is 5.56 Å². The van der Waals surface area contributed by atoms with Crippen LogP contribution in [-0.4, -0.2) is 15.0 Å². The van der Waals surface area contributed by atoms with Crippen molar-refractivity contribution in [3.05, 3.63) is 27.7 Å². The van der Waals surface area contributed by atoms with Gasteiger partial charge in [0, 0.05) is 5.56 Å². The second kappa shape index (κ2) is 2.72. The summed E-state index contributed by atoms with van der Waals surface area (Å²) in [6, 6.07) is 0. The Balaban J connectivity index is 3.36. The largest absolute Gasteiger partial charge is 0.501 e. The van der Waals surface area contributed by atoms with E-state index in [4.69, 9.17) is 5.11 Å². The Labute approximate surface area is 66.6 Å². The van der Waals surface area contributed by atoms with Crippen LogP contribution in [0.25, 0.3) is 0 Å². The zero-order valence-electron chi connectivity index (χ0n) is 6.11. The van der Waals surface area contributed by atoms with E-state index >= 15 is 0 Å². The highest BCUT2D eigenvalue weighted by atomic mass is 19.1. The third kappa shape index (κ3) is 1.18. The number of hydrogen-bond donors (Lipinski definition) is 1. The van der Waals surface area contributed by atoms with Gasteiger partial charge >= 0.3 is 5.82 Å². The van der Waals surface area contributed by atoms with E-state index in [0.29, 0.717) is 6.20 Å². The zero-order chi connectivity index (χ0) is 9.30. The first kappa shape index (κ1) is 8.38. The summed E-state index contributed by atoms with van der Waals surface area (Å²) in [5, 5.41) is 19.2. The maximum atomic E-state index is 12.6. The molecule has 0 unspecified atom stereocenters. The van der Waals surface area contributed by atoms with Gasteiger partial charge in [0.15, 0.2) is 12.0 Å². The second-order valence-corrected chi connectivity index (χ2v) is 2.16. The minimum atomic E-state index is -0.873. The predicted octanol–water partition coefficient (Wildman–Crippen LogP) is 1.14. The van der Waals surface area contributed by atoms with Crippen molar-refractivity contribution in [1.82, 2.24) is 4.98 Å². The summed E-state index contributed by atoms with van der Waals surface area (Å²) in [7, 11) is 0. The number of pyridine rings is 1. The molecule has 12 heavy (non-hydrogen) atoms. The summed E-state index contributed by atoms with van der Waals surface area (Å²) in [6.45, 7) is 1.24. The fourth-order valence-corrected chi connectivity index (χ4v) is 0.690. The quantitative estimate of drug-likeness (QED) is 0.509. The van der Waals surface area contributed by atoms with Gasteiger partial charge in [-0.2, -0.15) is 0 Å². The van der Waals surface area contributed by atoms with E-state index in [1.807, 2.05) is 0 Å². The number of halogens is 1. The lowest BCUT2D eigenvalue weighted by Crippen LogP contribution is -1.95. The van der Waals surface area contributed by atoms with Gasteiger partial charge in [-0.25, -0.2) is 4.39 Å². The van der Waals surface area contributed by atoms with Crippen molar-refractivity contribution in [2.75, 3.05) is 0 Å². The molecule has 1 aromatic heterocycles. The normalized spacial score (nSPS) is 9.83. The Morgan fingerprint density at radius 3 is 2.83 bits per heavy atom. The van der Waals surface area contributed by atoms with Gasteiger partial charge in [-0.1, -0.05) is 0 Å². The zero-order valence-corrected chi connectivity index (χ0v) is 6.11. The maximum Gasteiger partial charge on any atom is 0.406 e. The Kier molecular flexibility index (Phi) is 1.90. The Bertz CT molecular complexity index is 340. The van der Waals surface area contributed by atoms with Crippen LogP contribution in [0.2, 0.25) is 0 Å². The minimum Gasteiger partial charge on any atom is -0.501 e. The van der Waals surface area contributed by atoms with Gasteiger partial charge in [0.2, 0.25) is 5.75 Å². The van der Waals surface area contributed by atoms with E-state index in [9.17, 15) is 14.5 Å². The maximum absolute atomic E-state index is 12.6. The molecule has 1 heterocycles. The van der Waals surface area contributed by atoms with Crippen LogP contribution in [-0.2, 0) is 0 Å². The standard InChI is InChI=1S/C6H5FN2O3/c1-3-4(7)2-8-6(5(3)10)9(11)12/h2,10H,1H3. The molecular formula is C6H5FN2O3. The van der Waals surface area contributed by atoms with Crippen molar-refractivity contribution < 1.29 is 14.4 Å². The second-order valence-electron chi connectivity index (χ2n) is 2.16. The van der Waals surface area contributed by atoms with Crippen LogP contribution in [0.3, 0.4) is 0 Å². The molecule has 0 fully saturated rings. The van der Waals surface area contributed by atoms with E-state index in [1.54, 1.807) is 0 Å². The summed E-state index contributed by atoms with van der Waals surface area (Å²) in [5.41, 5.74) is -0.170. The molecule has 0 saturated carbocycles. The van der Waals surface area contributed by atoms with E-state index in [2.05, 4.69) is 4.98 Å². The van der Waals surface area contributed by atoms with Crippen molar-refractivity contribution in [1.29, 1.82) is 0 Å². The van der Waals surface area contributed by atoms with Crippen molar-refractivity contribution in [2.24, 2.45) is 0 Å². The first-order valence-corrected chi connectivity index (χ1v) is 3.02. The lowest BCUT2D eigenvalue weighted by molar-refractivity contribution is -0.390. The van der Waals surface area contributed by atoms with Gasteiger partial charge < -0.3 is 15.2 Å². The molecule has 0 spiro atoms. The molecule has 64 valence electrons. The molecule has 1 rings (SSSR count). The molecule has 1 N–H and O–H groups in total. The minimum absolute atomic E-state index is 0.170. The van der Waals surface area contributed by atoms with Crippen LogP contribution in [0.5, 0.6) is 5.75 Å². The third-order valence-corrected chi connectivity index (χ3v) is 1.40. The predicted molar refractivity (Wildman–Crippen MR) is 37.3 cm³/mol. The number of aromatic hydroxyl groups is 1. The molecule has 0 atom stereocenters. The monoisotopic (exact) mass is 172 g/mol. The Morgan fingerprint density at radius 1 is 1.75 bits per heavy atom. The fourth-order valence-electron chi connectivity index (χ4n) is 0.690. The Morgan fingerprint density at radius 2 is 2.33 bits per heavy atom. The average molecular weight is 172 g/mol. The van der Waals surface area contributed by atoms with E-state index in [0.717, 1.165) is 0 Å². The summed E-state index contributed by atoms with van der Waals surface area (Å²) in [4.78, 5) is 12.4. The molecule has 0 aliphatic heterocycles. The van der Waals surface area contributed by atoms with Crippen LogP contribution in [0, 0.1) is 22.9 Å². The van der Waals surface area contributed by atoms with Gasteiger partial charge in [-0.15, -0.1) is 0 Å². The van der Waals surface area contributed by atoms with E-state index < -0.39 is 22.3 Å². The number of hydrogen-bond acceptors (Lipinski definition) is 4. The first-order valence-electron chi connectivity index (χ1n) is 3.02. The van der Waals surface area contributed by atoms with Crippen LogP contribution in [0.4, 0.5) is 10.2 Å². The fraction of sp³-hybridized carbons (Fsp3) is 0.167. The lowest BCUT2D eigenvalue weighted by atomic mass is 10.2. The summed E-state index contributed by atoms with van der Waals surface area (Å²) in [6.07, 6.45) is 0.702. The molecule has 0 aromatic carbocycles. The van der Waals surface area contributed by atoms with Crippen molar-refractivity contribution in [3.8, 4) is 5.75 Å². The molecule has 6 heteroatoms. The van der Waals surface area contributed by atoms with Gasteiger partial charge in [-0.05, 0) is 16.8 Å². The van der Waals surface area contributed by atoms with Crippen molar-refractivity contribution >= 4 is 5.82 Å². The van der Waals surface area contributed by atoms with Crippen LogP contribution in [0.1, 0.15) is 5.56 Å². The first-order chi connectivity index (χ1) is 5.54. The van der Waals surface area contributed by atoms with E-state index in [1.165, 1.54) is 6.92 Å². The molecular weight excluding hydrogens is 167 g/mol. The molecule has 0 aliphatic carbocycles. The SMILES string of the molecule is Cc1c(F)cnc([N+](=O)[O-])c1O. The van der Waals surface area contributed by atoms with Gasteiger partial charge in [0.25, 0.3) is 0 Å². The van der Waals surface area contributed by atoms with Gasteiger partial charge in [0.1, 0.15) is 0 Å². The average Bonchev–Trinajstić information content (AvgIpc) is 2.00. The molecule has 0 amide bonds. The lowest BCUT2D eigenvalue weighted by Gasteiger charge is -1.98. The topological polar surface area (TPSA) is 76.3 Å². The summed E-state index contributed by atoms with van der Waals surface area (Å²) in [5.74, 6) is -2.22. The number of aromatic nitrogens is 1. The highest BCUT2D eigenvalue weighted by molar-refractivity contribution is 5.44. The number of rotatable bonds is 1.